The largest absolute Gasteiger partial charge is 0.481 e. The number of aryl methyl sites for hydroxylation is 1. The third kappa shape index (κ3) is 7.00. The minimum atomic E-state index is -0.389. The predicted molar refractivity (Wildman–Crippen MR) is 117 cm³/mol. The summed E-state index contributed by atoms with van der Waals surface area (Å²) < 4.78 is 7.77. The van der Waals surface area contributed by atoms with Gasteiger partial charge in [-0.15, -0.1) is 0 Å². The summed E-state index contributed by atoms with van der Waals surface area (Å²) in [7, 11) is 1.72. The van der Waals surface area contributed by atoms with Crippen LogP contribution >= 0.6 is 0 Å². The van der Waals surface area contributed by atoms with Gasteiger partial charge in [-0.2, -0.15) is 5.10 Å². The second-order valence-electron chi connectivity index (χ2n) is 8.56. The summed E-state index contributed by atoms with van der Waals surface area (Å²) in [4.78, 5) is 10.9. The van der Waals surface area contributed by atoms with Crippen LogP contribution in [0.2, 0.25) is 0 Å². The quantitative estimate of drug-likeness (QED) is 0.206. The molecule has 0 aromatic carbocycles. The maximum absolute atomic E-state index is 11.0. The molecule has 0 N–H and O–H groups in total. The van der Waals surface area contributed by atoms with E-state index in [1.54, 1.807) is 7.11 Å². The Balaban J connectivity index is 1.85. The highest BCUT2D eigenvalue weighted by Gasteiger charge is 2.32. The highest BCUT2D eigenvalue weighted by molar-refractivity contribution is 5.32. The molecule has 0 saturated heterocycles. The average molecular weight is 408 g/mol. The fourth-order valence-electron chi connectivity index (χ4n) is 4.63. The lowest BCUT2D eigenvalue weighted by Crippen LogP contribution is -2.28. The molecule has 6 heteroatoms. The molecule has 0 atom stereocenters. The van der Waals surface area contributed by atoms with E-state index in [1.807, 2.05) is 4.68 Å². The zero-order valence-electron chi connectivity index (χ0n) is 18.8. The molecule has 1 aromatic rings. The van der Waals surface area contributed by atoms with Gasteiger partial charge in [-0.1, -0.05) is 65.2 Å². The average Bonchev–Trinajstić information content (AvgIpc) is 3.10. The molecule has 1 heterocycles. The van der Waals surface area contributed by atoms with Crippen LogP contribution in [0.4, 0.5) is 0 Å². The first-order valence-electron chi connectivity index (χ1n) is 11.9. The van der Waals surface area contributed by atoms with Crippen LogP contribution < -0.4 is 4.74 Å². The van der Waals surface area contributed by atoms with E-state index in [0.717, 1.165) is 31.6 Å². The predicted octanol–water partition coefficient (Wildman–Crippen LogP) is 6.29. The fraction of sp³-hybridized carbons (Fsp3) is 0.870. The minimum Gasteiger partial charge on any atom is -0.481 e. The van der Waals surface area contributed by atoms with Gasteiger partial charge in [-0.3, -0.25) is 10.1 Å². The SMILES string of the molecule is CCCCCCCCCCCc1nn(C2CCC([N+](=O)[O-])CC2)c(OC)c1CC. The third-order valence-corrected chi connectivity index (χ3v) is 6.42. The first kappa shape index (κ1) is 23.7. The molecule has 1 saturated carbocycles. The minimum absolute atomic E-state index is 0.122. The Hall–Kier alpha value is -1.59. The molecule has 166 valence electrons. The van der Waals surface area contributed by atoms with Gasteiger partial charge in [-0.05, 0) is 32.1 Å². The number of hydrogen-bond acceptors (Lipinski definition) is 4. The van der Waals surface area contributed by atoms with Crippen molar-refractivity contribution in [3.05, 3.63) is 21.4 Å². The van der Waals surface area contributed by atoms with Crippen molar-refractivity contribution in [3.8, 4) is 5.88 Å². The van der Waals surface area contributed by atoms with Gasteiger partial charge in [0.2, 0.25) is 11.9 Å². The van der Waals surface area contributed by atoms with Crippen molar-refractivity contribution in [3.63, 3.8) is 0 Å². The van der Waals surface area contributed by atoms with E-state index in [4.69, 9.17) is 9.84 Å². The third-order valence-electron chi connectivity index (χ3n) is 6.42. The molecule has 1 fully saturated rings. The molecule has 29 heavy (non-hydrogen) atoms. The summed E-state index contributed by atoms with van der Waals surface area (Å²) in [5, 5.41) is 16.0. The second kappa shape index (κ2) is 12.9. The van der Waals surface area contributed by atoms with Crippen LogP contribution in [0.1, 0.15) is 115 Å². The number of nitrogens with zero attached hydrogens (tertiary/aromatic N) is 3. The van der Waals surface area contributed by atoms with E-state index in [1.165, 1.54) is 69.0 Å². The molecule has 1 aliphatic rings. The van der Waals surface area contributed by atoms with Crippen LogP contribution in [-0.2, 0) is 12.8 Å². The monoisotopic (exact) mass is 407 g/mol. The van der Waals surface area contributed by atoms with Crippen LogP contribution in [0.25, 0.3) is 0 Å². The molecule has 1 aliphatic carbocycles. The lowest BCUT2D eigenvalue weighted by Gasteiger charge is -2.25. The summed E-state index contributed by atoms with van der Waals surface area (Å²) in [5.41, 5.74) is 2.40. The normalized spacial score (nSPS) is 19.4. The summed E-state index contributed by atoms with van der Waals surface area (Å²) >= 11 is 0. The first-order valence-corrected chi connectivity index (χ1v) is 11.9. The van der Waals surface area contributed by atoms with Gasteiger partial charge in [0.15, 0.2) is 0 Å². The van der Waals surface area contributed by atoms with Gasteiger partial charge in [0, 0.05) is 23.3 Å². The first-order chi connectivity index (χ1) is 14.1. The lowest BCUT2D eigenvalue weighted by atomic mass is 9.91. The molecule has 0 spiro atoms. The zero-order chi connectivity index (χ0) is 21.1. The summed E-state index contributed by atoms with van der Waals surface area (Å²) in [6.45, 7) is 4.42. The maximum Gasteiger partial charge on any atom is 0.215 e. The van der Waals surface area contributed by atoms with Crippen molar-refractivity contribution in [2.45, 2.75) is 122 Å². The number of rotatable bonds is 14. The highest BCUT2D eigenvalue weighted by atomic mass is 16.6. The Labute approximate surface area is 176 Å². The summed E-state index contributed by atoms with van der Waals surface area (Å²) in [6.07, 6.45) is 16.7. The molecule has 1 aromatic heterocycles. The van der Waals surface area contributed by atoms with E-state index in [0.29, 0.717) is 12.8 Å². The lowest BCUT2D eigenvalue weighted by molar-refractivity contribution is -0.526. The van der Waals surface area contributed by atoms with Crippen LogP contribution in [0.5, 0.6) is 5.88 Å². The zero-order valence-corrected chi connectivity index (χ0v) is 18.8. The van der Waals surface area contributed by atoms with E-state index in [9.17, 15) is 10.1 Å². The molecular weight excluding hydrogens is 366 g/mol. The Morgan fingerprint density at radius 2 is 1.59 bits per heavy atom. The molecule has 0 bridgehead atoms. The number of unbranched alkanes of at least 4 members (excludes halogenated alkanes) is 8. The van der Waals surface area contributed by atoms with E-state index < -0.39 is 0 Å². The Morgan fingerprint density at radius 3 is 2.10 bits per heavy atom. The molecule has 0 unspecified atom stereocenters. The van der Waals surface area contributed by atoms with E-state index in [-0.39, 0.29) is 17.0 Å². The van der Waals surface area contributed by atoms with Crippen molar-refractivity contribution in [1.29, 1.82) is 0 Å². The van der Waals surface area contributed by atoms with Gasteiger partial charge in [0.05, 0.1) is 18.8 Å². The number of aromatic nitrogens is 2. The summed E-state index contributed by atoms with van der Waals surface area (Å²) in [5.74, 6) is 0.878. The van der Waals surface area contributed by atoms with E-state index in [2.05, 4.69) is 13.8 Å². The van der Waals surface area contributed by atoms with Crippen molar-refractivity contribution < 1.29 is 9.66 Å². The molecule has 2 rings (SSSR count). The van der Waals surface area contributed by atoms with Crippen LogP contribution in [0.3, 0.4) is 0 Å². The molecular formula is C23H41N3O3. The van der Waals surface area contributed by atoms with Gasteiger partial charge < -0.3 is 4.74 Å². The van der Waals surface area contributed by atoms with Gasteiger partial charge >= 0.3 is 0 Å². The van der Waals surface area contributed by atoms with Gasteiger partial charge in [0.1, 0.15) is 0 Å². The number of ether oxygens (including phenoxy) is 1. The van der Waals surface area contributed by atoms with Gasteiger partial charge in [-0.25, -0.2) is 4.68 Å². The highest BCUT2D eigenvalue weighted by Crippen LogP contribution is 2.35. The van der Waals surface area contributed by atoms with Crippen molar-refractivity contribution >= 4 is 0 Å². The van der Waals surface area contributed by atoms with Gasteiger partial charge in [0.25, 0.3) is 0 Å². The van der Waals surface area contributed by atoms with E-state index >= 15 is 0 Å². The van der Waals surface area contributed by atoms with Crippen molar-refractivity contribution in [2.24, 2.45) is 0 Å². The Kier molecular flexibility index (Phi) is 10.5. The number of nitro groups is 1. The van der Waals surface area contributed by atoms with Crippen LogP contribution in [0.15, 0.2) is 0 Å². The molecule has 0 aliphatic heterocycles. The number of hydrogen-bond donors (Lipinski definition) is 0. The Morgan fingerprint density at radius 1 is 1.00 bits per heavy atom. The molecule has 0 amide bonds. The topological polar surface area (TPSA) is 70.2 Å². The second-order valence-corrected chi connectivity index (χ2v) is 8.56. The van der Waals surface area contributed by atoms with Crippen LogP contribution in [-0.4, -0.2) is 27.9 Å². The fourth-order valence-corrected chi connectivity index (χ4v) is 4.63. The van der Waals surface area contributed by atoms with Crippen molar-refractivity contribution in [1.82, 2.24) is 9.78 Å². The standard InChI is InChI=1S/C23H41N3O3/c1-4-6-7-8-9-10-11-12-13-14-22-21(5-2)23(29-3)25(24-22)19-15-17-20(18-16-19)26(27)28/h19-20H,4-18H2,1-3H3. The van der Waals surface area contributed by atoms with Crippen molar-refractivity contribution in [2.75, 3.05) is 7.11 Å². The Bertz CT molecular complexity index is 607. The smallest absolute Gasteiger partial charge is 0.215 e. The molecule has 0 radical (unpaired) electrons. The molecule has 6 nitrogen and oxygen atoms in total. The maximum atomic E-state index is 11.0. The number of methoxy groups -OCH3 is 1. The van der Waals surface area contributed by atoms with Crippen LogP contribution in [0, 0.1) is 10.1 Å². The summed E-state index contributed by atoms with van der Waals surface area (Å²) in [6, 6.07) is -0.164.